The smallest absolute Gasteiger partial charge is 0.264 e. The molecular formula is C23H21N3O2S. The number of benzene rings is 1. The predicted molar refractivity (Wildman–Crippen MR) is 114 cm³/mol. The van der Waals surface area contributed by atoms with Crippen molar-refractivity contribution in [3.8, 4) is 11.6 Å². The predicted octanol–water partition coefficient (Wildman–Crippen LogP) is 5.55. The normalized spacial score (nSPS) is 16.6. The Morgan fingerprint density at radius 1 is 1.14 bits per heavy atom. The van der Waals surface area contributed by atoms with Gasteiger partial charge in [0.05, 0.1) is 22.9 Å². The number of amides is 1. The molecule has 0 radical (unpaired) electrons. The Kier molecular flexibility index (Phi) is 4.43. The average molecular weight is 404 g/mol. The number of hydrogen-bond acceptors (Lipinski definition) is 5. The van der Waals surface area contributed by atoms with Crippen LogP contribution in [0.1, 0.15) is 45.4 Å². The molecular weight excluding hydrogens is 382 g/mol. The number of aryl methyl sites for hydroxylation is 2. The van der Waals surface area contributed by atoms with Crippen molar-refractivity contribution < 1.29 is 9.21 Å². The summed E-state index contributed by atoms with van der Waals surface area (Å²) >= 11 is 1.46. The maximum absolute atomic E-state index is 13.5. The third kappa shape index (κ3) is 3.04. The first kappa shape index (κ1) is 18.1. The van der Waals surface area contributed by atoms with E-state index in [1.807, 2.05) is 49.1 Å². The van der Waals surface area contributed by atoms with Crippen LogP contribution < -0.4 is 0 Å². The van der Waals surface area contributed by atoms with E-state index in [-0.39, 0.29) is 11.9 Å². The van der Waals surface area contributed by atoms with Gasteiger partial charge < -0.3 is 9.32 Å². The zero-order chi connectivity index (χ0) is 20.0. The Morgan fingerprint density at radius 3 is 2.72 bits per heavy atom. The summed E-state index contributed by atoms with van der Waals surface area (Å²) in [5, 5.41) is 0.976. The fourth-order valence-corrected chi connectivity index (χ4v) is 5.41. The number of nitrogens with zero attached hydrogens (tertiary/aromatic N) is 3. The lowest BCUT2D eigenvalue weighted by Gasteiger charge is -2.25. The van der Waals surface area contributed by atoms with Crippen molar-refractivity contribution in [2.24, 2.45) is 0 Å². The van der Waals surface area contributed by atoms with E-state index in [4.69, 9.17) is 4.42 Å². The van der Waals surface area contributed by atoms with Gasteiger partial charge in [0.1, 0.15) is 4.83 Å². The first-order valence-corrected chi connectivity index (χ1v) is 10.6. The van der Waals surface area contributed by atoms with Gasteiger partial charge in [-0.15, -0.1) is 11.3 Å². The van der Waals surface area contributed by atoms with Crippen LogP contribution in [0.15, 0.2) is 53.1 Å². The number of hydrogen-bond donors (Lipinski definition) is 0. The standard InChI is InChI=1S/C23H21N3O2S/c1-14-19-15(2)24-21(18-11-7-13-28-18)25-22(19)29-20(14)23(27)26-12-6-10-17(26)16-8-4-3-5-9-16/h3-5,7-9,11,13,17H,6,10,12H2,1-2H3/t17-/m0/s1. The number of carbonyl (C=O) groups excluding carboxylic acids is 1. The van der Waals surface area contributed by atoms with Crippen molar-refractivity contribution >= 4 is 27.5 Å². The van der Waals surface area contributed by atoms with E-state index in [1.54, 1.807) is 6.26 Å². The molecule has 4 aromatic rings. The van der Waals surface area contributed by atoms with E-state index < -0.39 is 0 Å². The van der Waals surface area contributed by atoms with Gasteiger partial charge in [0.2, 0.25) is 0 Å². The second kappa shape index (κ2) is 7.12. The number of thiophene rings is 1. The van der Waals surface area contributed by atoms with Gasteiger partial charge in [-0.3, -0.25) is 4.79 Å². The topological polar surface area (TPSA) is 59.2 Å². The zero-order valence-corrected chi connectivity index (χ0v) is 17.2. The fourth-order valence-electron chi connectivity index (χ4n) is 4.22. The van der Waals surface area contributed by atoms with Crippen LogP contribution in [0.25, 0.3) is 21.8 Å². The molecule has 1 saturated heterocycles. The summed E-state index contributed by atoms with van der Waals surface area (Å²) in [6.45, 7) is 4.75. The molecule has 1 aromatic carbocycles. The van der Waals surface area contributed by atoms with Crippen LogP contribution in [-0.4, -0.2) is 27.3 Å². The monoisotopic (exact) mass is 403 g/mol. The number of likely N-dealkylation sites (tertiary alicyclic amines) is 1. The lowest BCUT2D eigenvalue weighted by Crippen LogP contribution is -2.30. The molecule has 6 heteroatoms. The van der Waals surface area contributed by atoms with Gasteiger partial charge in [0.15, 0.2) is 11.6 Å². The number of aromatic nitrogens is 2. The summed E-state index contributed by atoms with van der Waals surface area (Å²) in [5.41, 5.74) is 3.04. The van der Waals surface area contributed by atoms with E-state index in [1.165, 1.54) is 16.9 Å². The molecule has 3 aromatic heterocycles. The maximum Gasteiger partial charge on any atom is 0.264 e. The molecule has 1 aliphatic rings. The Hall–Kier alpha value is -2.99. The van der Waals surface area contributed by atoms with E-state index in [2.05, 4.69) is 22.1 Å². The van der Waals surface area contributed by atoms with Crippen LogP contribution in [0.5, 0.6) is 0 Å². The molecule has 0 bridgehead atoms. The molecule has 146 valence electrons. The molecule has 0 unspecified atom stereocenters. The highest BCUT2D eigenvalue weighted by atomic mass is 32.1. The Labute approximate surface area is 173 Å². The number of rotatable bonds is 3. The summed E-state index contributed by atoms with van der Waals surface area (Å²) in [5.74, 6) is 1.29. The van der Waals surface area contributed by atoms with E-state index >= 15 is 0 Å². The van der Waals surface area contributed by atoms with Crippen molar-refractivity contribution in [1.29, 1.82) is 0 Å². The maximum atomic E-state index is 13.5. The molecule has 0 aliphatic carbocycles. The van der Waals surface area contributed by atoms with Crippen molar-refractivity contribution in [1.82, 2.24) is 14.9 Å². The van der Waals surface area contributed by atoms with Crippen LogP contribution in [0.3, 0.4) is 0 Å². The molecule has 1 amide bonds. The largest absolute Gasteiger partial charge is 0.461 e. The third-order valence-corrected chi connectivity index (χ3v) is 6.78. The van der Waals surface area contributed by atoms with Crippen LogP contribution in [-0.2, 0) is 0 Å². The minimum absolute atomic E-state index is 0.0933. The zero-order valence-electron chi connectivity index (χ0n) is 16.4. The second-order valence-electron chi connectivity index (χ2n) is 7.41. The summed E-state index contributed by atoms with van der Waals surface area (Å²) in [7, 11) is 0. The van der Waals surface area contributed by atoms with Crippen molar-refractivity contribution in [2.75, 3.05) is 6.54 Å². The van der Waals surface area contributed by atoms with Crippen LogP contribution >= 0.6 is 11.3 Å². The van der Waals surface area contributed by atoms with Gasteiger partial charge in [-0.05, 0) is 49.9 Å². The first-order valence-electron chi connectivity index (χ1n) is 9.81. The SMILES string of the molecule is Cc1nc(-c2ccco2)nc2sc(C(=O)N3CCC[C@H]3c3ccccc3)c(C)c12. The third-order valence-electron chi connectivity index (χ3n) is 5.60. The minimum Gasteiger partial charge on any atom is -0.461 e. The summed E-state index contributed by atoms with van der Waals surface area (Å²) < 4.78 is 5.46. The van der Waals surface area contributed by atoms with Crippen molar-refractivity contribution in [3.63, 3.8) is 0 Å². The molecule has 4 heterocycles. The molecule has 0 N–H and O–H groups in total. The summed E-state index contributed by atoms with van der Waals surface area (Å²) in [6.07, 6.45) is 3.64. The number of fused-ring (bicyclic) bond motifs is 1. The molecule has 1 aliphatic heterocycles. The van der Waals surface area contributed by atoms with Crippen molar-refractivity contribution in [3.05, 3.63) is 70.4 Å². The lowest BCUT2D eigenvalue weighted by atomic mass is 10.0. The van der Waals surface area contributed by atoms with Crippen LogP contribution in [0.4, 0.5) is 0 Å². The van der Waals surface area contributed by atoms with E-state index in [0.717, 1.165) is 45.7 Å². The van der Waals surface area contributed by atoms with Gasteiger partial charge in [-0.2, -0.15) is 0 Å². The molecule has 29 heavy (non-hydrogen) atoms. The lowest BCUT2D eigenvalue weighted by molar-refractivity contribution is 0.0740. The summed E-state index contributed by atoms with van der Waals surface area (Å²) in [6, 6.07) is 14.1. The Bertz CT molecular complexity index is 1180. The minimum atomic E-state index is 0.0933. The van der Waals surface area contributed by atoms with Crippen LogP contribution in [0, 0.1) is 13.8 Å². The quantitative estimate of drug-likeness (QED) is 0.450. The highest BCUT2D eigenvalue weighted by molar-refractivity contribution is 7.20. The highest BCUT2D eigenvalue weighted by Crippen LogP contribution is 2.38. The number of furan rings is 1. The molecule has 5 nitrogen and oxygen atoms in total. The van der Waals surface area contributed by atoms with E-state index in [9.17, 15) is 4.79 Å². The molecule has 1 atom stereocenters. The first-order chi connectivity index (χ1) is 14.1. The molecule has 0 spiro atoms. The fraction of sp³-hybridized carbons (Fsp3) is 0.261. The Balaban J connectivity index is 1.55. The molecule has 1 fully saturated rings. The molecule has 0 saturated carbocycles. The van der Waals surface area contributed by atoms with E-state index in [0.29, 0.717) is 11.6 Å². The van der Waals surface area contributed by atoms with Crippen molar-refractivity contribution in [2.45, 2.75) is 32.7 Å². The van der Waals surface area contributed by atoms with Gasteiger partial charge in [-0.25, -0.2) is 9.97 Å². The van der Waals surface area contributed by atoms with Gasteiger partial charge >= 0.3 is 0 Å². The van der Waals surface area contributed by atoms with Gasteiger partial charge in [0.25, 0.3) is 5.91 Å². The van der Waals surface area contributed by atoms with Crippen LogP contribution in [0.2, 0.25) is 0 Å². The number of carbonyl (C=O) groups is 1. The Morgan fingerprint density at radius 2 is 1.97 bits per heavy atom. The average Bonchev–Trinajstić information content (AvgIpc) is 3.48. The molecule has 5 rings (SSSR count). The summed E-state index contributed by atoms with van der Waals surface area (Å²) in [4.78, 5) is 26.4. The second-order valence-corrected chi connectivity index (χ2v) is 8.41. The van der Waals surface area contributed by atoms with Gasteiger partial charge in [0, 0.05) is 11.9 Å². The highest BCUT2D eigenvalue weighted by Gasteiger charge is 2.32. The van der Waals surface area contributed by atoms with Gasteiger partial charge in [-0.1, -0.05) is 30.3 Å².